The number of hydrogen-bond donors (Lipinski definition) is 2. The Morgan fingerprint density at radius 1 is 0.892 bits per heavy atom. The first kappa shape index (κ1) is 24.1. The molecule has 0 bridgehead atoms. The highest BCUT2D eigenvalue weighted by Gasteiger charge is 2.66. The van der Waals surface area contributed by atoms with Crippen LogP contribution in [-0.4, -0.2) is 69.7 Å². The molecule has 2 aromatic rings. The number of benzene rings is 2. The molecule has 2 N–H and O–H groups in total. The molecule has 0 amide bonds. The van der Waals surface area contributed by atoms with Gasteiger partial charge in [0.25, 0.3) is 0 Å². The number of hydrogen-bond acceptors (Lipinski definition) is 10. The third-order valence-electron chi connectivity index (χ3n) is 8.37. The Labute approximate surface area is 213 Å². The van der Waals surface area contributed by atoms with E-state index in [0.717, 1.165) is 0 Å². The molecule has 4 aliphatic rings. The summed E-state index contributed by atoms with van der Waals surface area (Å²) in [5, 5.41) is 24.5. The van der Waals surface area contributed by atoms with Crippen LogP contribution in [0.3, 0.4) is 0 Å². The molecule has 2 saturated heterocycles. The number of aliphatic hydroxyl groups is 2. The zero-order chi connectivity index (χ0) is 25.9. The molecule has 0 aromatic heterocycles. The molecule has 3 aliphatic heterocycles. The zero-order valence-electron chi connectivity index (χ0n) is 20.9. The first-order valence-corrected chi connectivity index (χ1v) is 12.3. The van der Waals surface area contributed by atoms with Crippen LogP contribution < -0.4 is 23.7 Å². The van der Waals surface area contributed by atoms with E-state index >= 15 is 0 Å². The Balaban J connectivity index is 1.63. The number of ether oxygens (including phenoxy) is 7. The van der Waals surface area contributed by atoms with E-state index in [2.05, 4.69) is 0 Å². The molecule has 2 fully saturated rings. The highest BCUT2D eigenvalue weighted by molar-refractivity contribution is 5.79. The summed E-state index contributed by atoms with van der Waals surface area (Å²) < 4.78 is 39.1. The van der Waals surface area contributed by atoms with E-state index in [9.17, 15) is 15.0 Å². The van der Waals surface area contributed by atoms with Gasteiger partial charge in [0.2, 0.25) is 12.5 Å². The molecule has 10 nitrogen and oxygen atoms in total. The van der Waals surface area contributed by atoms with Gasteiger partial charge in [0.15, 0.2) is 23.0 Å². The van der Waals surface area contributed by atoms with Crippen LogP contribution in [0.15, 0.2) is 24.3 Å². The van der Waals surface area contributed by atoms with Crippen LogP contribution >= 0.6 is 0 Å². The number of cyclic esters (lactones) is 1. The maximum atomic E-state index is 13.4. The minimum absolute atomic E-state index is 0.0298. The second kappa shape index (κ2) is 8.68. The van der Waals surface area contributed by atoms with Gasteiger partial charge in [-0.05, 0) is 41.0 Å². The van der Waals surface area contributed by atoms with Crippen LogP contribution in [0.1, 0.15) is 35.4 Å². The quantitative estimate of drug-likeness (QED) is 0.574. The summed E-state index contributed by atoms with van der Waals surface area (Å²) in [6.45, 7) is 0.596. The Morgan fingerprint density at radius 2 is 1.54 bits per heavy atom. The van der Waals surface area contributed by atoms with E-state index in [-0.39, 0.29) is 26.2 Å². The van der Waals surface area contributed by atoms with Crippen molar-refractivity contribution in [3.8, 4) is 28.7 Å². The van der Waals surface area contributed by atoms with Gasteiger partial charge in [-0.25, -0.2) is 0 Å². The molecular weight excluding hydrogens is 484 g/mol. The zero-order valence-corrected chi connectivity index (χ0v) is 20.9. The maximum Gasteiger partial charge on any atom is 0.310 e. The molecule has 2 aromatic carbocycles. The first-order chi connectivity index (χ1) is 17.9. The van der Waals surface area contributed by atoms with Crippen LogP contribution in [0.2, 0.25) is 0 Å². The molecule has 37 heavy (non-hydrogen) atoms. The molecule has 0 radical (unpaired) electrons. The second-order valence-electron chi connectivity index (χ2n) is 9.90. The number of carbonyl (C=O) groups is 1. The molecule has 198 valence electrons. The maximum absolute atomic E-state index is 13.4. The fourth-order valence-corrected chi connectivity index (χ4v) is 6.58. The van der Waals surface area contributed by atoms with Crippen molar-refractivity contribution < 1.29 is 48.2 Å². The van der Waals surface area contributed by atoms with Crippen molar-refractivity contribution in [3.63, 3.8) is 0 Å². The van der Waals surface area contributed by atoms with Crippen molar-refractivity contribution in [2.75, 3.05) is 47.9 Å². The summed E-state index contributed by atoms with van der Waals surface area (Å²) in [6.07, 6.45) is 0.424. The third-order valence-corrected chi connectivity index (χ3v) is 8.37. The smallest absolute Gasteiger partial charge is 0.310 e. The molecule has 1 aliphatic carbocycles. The van der Waals surface area contributed by atoms with Gasteiger partial charge in [-0.15, -0.1) is 0 Å². The number of fused-ring (bicyclic) bond motifs is 3. The topological polar surface area (TPSA) is 122 Å². The Morgan fingerprint density at radius 3 is 2.16 bits per heavy atom. The van der Waals surface area contributed by atoms with E-state index in [1.54, 1.807) is 24.3 Å². The van der Waals surface area contributed by atoms with Gasteiger partial charge in [0.1, 0.15) is 11.2 Å². The predicted octanol–water partition coefficient (Wildman–Crippen LogP) is 2.10. The minimum Gasteiger partial charge on any atom is -0.493 e. The van der Waals surface area contributed by atoms with Gasteiger partial charge < -0.3 is 43.4 Å². The Bertz CT molecular complexity index is 1210. The van der Waals surface area contributed by atoms with Crippen molar-refractivity contribution in [2.24, 2.45) is 11.8 Å². The van der Waals surface area contributed by atoms with Gasteiger partial charge in [-0.2, -0.15) is 0 Å². The molecule has 4 atom stereocenters. The van der Waals surface area contributed by atoms with E-state index in [4.69, 9.17) is 33.2 Å². The molecular formula is C27H30O10. The van der Waals surface area contributed by atoms with E-state index in [1.165, 1.54) is 21.3 Å². The fourth-order valence-electron chi connectivity index (χ4n) is 6.58. The normalized spacial score (nSPS) is 29.2. The average Bonchev–Trinajstić information content (AvgIpc) is 3.54. The highest BCUT2D eigenvalue weighted by atomic mass is 16.7. The Kier molecular flexibility index (Phi) is 5.66. The van der Waals surface area contributed by atoms with Gasteiger partial charge in [0.05, 0.1) is 33.9 Å². The van der Waals surface area contributed by atoms with Crippen molar-refractivity contribution in [1.82, 2.24) is 0 Å². The van der Waals surface area contributed by atoms with Crippen molar-refractivity contribution in [2.45, 2.75) is 30.0 Å². The van der Waals surface area contributed by atoms with Crippen LogP contribution in [0.4, 0.5) is 0 Å². The molecule has 10 heteroatoms. The van der Waals surface area contributed by atoms with Crippen LogP contribution in [0.25, 0.3) is 0 Å². The lowest BCUT2D eigenvalue weighted by atomic mass is 9.55. The Hall–Kier alpha value is -3.21. The van der Waals surface area contributed by atoms with Gasteiger partial charge in [0, 0.05) is 37.9 Å². The van der Waals surface area contributed by atoms with E-state index < -0.39 is 34.9 Å². The van der Waals surface area contributed by atoms with E-state index in [1.807, 2.05) is 0 Å². The van der Waals surface area contributed by atoms with Crippen molar-refractivity contribution in [1.29, 1.82) is 0 Å². The largest absolute Gasteiger partial charge is 0.493 e. The lowest BCUT2D eigenvalue weighted by Crippen LogP contribution is -2.62. The van der Waals surface area contributed by atoms with Crippen molar-refractivity contribution >= 4 is 5.97 Å². The summed E-state index contributed by atoms with van der Waals surface area (Å²) >= 11 is 0. The summed E-state index contributed by atoms with van der Waals surface area (Å²) in [5.74, 6) is -0.232. The highest BCUT2D eigenvalue weighted by Crippen LogP contribution is 2.61. The average molecular weight is 515 g/mol. The lowest BCUT2D eigenvalue weighted by molar-refractivity contribution is -0.228. The van der Waals surface area contributed by atoms with Gasteiger partial charge >= 0.3 is 5.97 Å². The summed E-state index contributed by atoms with van der Waals surface area (Å²) in [6, 6.07) is 7.13. The molecule has 0 spiro atoms. The fraction of sp³-hybridized carbons (Fsp3) is 0.519. The molecule has 0 unspecified atom stereocenters. The second-order valence-corrected chi connectivity index (χ2v) is 9.90. The van der Waals surface area contributed by atoms with Crippen LogP contribution in [-0.2, 0) is 19.9 Å². The number of rotatable bonds is 5. The monoisotopic (exact) mass is 514 g/mol. The molecule has 0 saturated carbocycles. The van der Waals surface area contributed by atoms with Gasteiger partial charge in [-0.3, -0.25) is 4.79 Å². The van der Waals surface area contributed by atoms with Crippen molar-refractivity contribution in [3.05, 3.63) is 41.0 Å². The SMILES string of the molecule is COc1cc([C@@H]2c3cc4c(cc3[C@@](O)(C3(O)CCOCC3)[C@H]3COC(=O)[C@@H]23)OCO4)cc(OC)c1OC. The van der Waals surface area contributed by atoms with Crippen LogP contribution in [0, 0.1) is 11.8 Å². The van der Waals surface area contributed by atoms with E-state index in [0.29, 0.717) is 58.7 Å². The van der Waals surface area contributed by atoms with Crippen LogP contribution in [0.5, 0.6) is 28.7 Å². The standard InChI is InChI=1S/C27H30O10/c1-31-20-8-14(9-21(32-2)24(20)33-3)22-15-10-18-19(37-13-36-18)11-16(15)27(30,17-12-35-25(28)23(17)22)26(29)4-6-34-7-5-26/h8-11,17,22-23,29-30H,4-7,12-13H2,1-3H3/t17-,22+,23+,27-/m0/s1. The third kappa shape index (κ3) is 3.32. The number of carbonyl (C=O) groups excluding carboxylic acids is 1. The number of methoxy groups -OCH3 is 3. The first-order valence-electron chi connectivity index (χ1n) is 12.3. The summed E-state index contributed by atoms with van der Waals surface area (Å²) in [5.41, 5.74) is -1.49. The van der Waals surface area contributed by atoms with Gasteiger partial charge in [-0.1, -0.05) is 0 Å². The predicted molar refractivity (Wildman–Crippen MR) is 127 cm³/mol. The minimum atomic E-state index is -1.79. The summed E-state index contributed by atoms with van der Waals surface area (Å²) in [7, 11) is 4.58. The molecule has 3 heterocycles. The number of esters is 1. The summed E-state index contributed by atoms with van der Waals surface area (Å²) in [4.78, 5) is 13.4. The molecule has 6 rings (SSSR count). The lowest BCUT2D eigenvalue weighted by Gasteiger charge is -2.53.